The van der Waals surface area contributed by atoms with E-state index in [1.807, 2.05) is 41.5 Å². The Kier molecular flexibility index (Phi) is 8.72. The first-order valence-corrected chi connectivity index (χ1v) is 20.4. The first-order valence-electron chi connectivity index (χ1n) is 18.8. The van der Waals surface area contributed by atoms with Crippen LogP contribution in [0.2, 0.25) is 0 Å². The van der Waals surface area contributed by atoms with Crippen molar-refractivity contribution in [1.82, 2.24) is 14.5 Å². The number of nitrogens with zero attached hydrogens (tertiary/aromatic N) is 2. The van der Waals surface area contributed by atoms with Crippen molar-refractivity contribution in [2.45, 2.75) is 143 Å². The van der Waals surface area contributed by atoms with Gasteiger partial charge in [0.05, 0.1) is 22.7 Å². The Bertz CT molecular complexity index is 1610. The van der Waals surface area contributed by atoms with Crippen LogP contribution in [0, 0.1) is 44.3 Å². The Hall–Kier alpha value is -2.56. The minimum absolute atomic E-state index is 0.0355. The lowest BCUT2D eigenvalue weighted by Gasteiger charge is -2.40. The average molecular weight is 714 g/mol. The Morgan fingerprint density at radius 1 is 0.980 bits per heavy atom. The van der Waals surface area contributed by atoms with E-state index in [-0.39, 0.29) is 58.4 Å². The van der Waals surface area contributed by atoms with E-state index in [2.05, 4.69) is 25.1 Å². The zero-order valence-electron chi connectivity index (χ0n) is 31.5. The van der Waals surface area contributed by atoms with Crippen LogP contribution in [0.3, 0.4) is 0 Å². The topological polar surface area (TPSA) is 138 Å². The van der Waals surface area contributed by atoms with Crippen molar-refractivity contribution in [3.8, 4) is 0 Å². The molecular weight excluding hydrogens is 655 g/mol. The van der Waals surface area contributed by atoms with Crippen LogP contribution in [-0.2, 0) is 34.0 Å². The molecule has 4 saturated carbocycles. The fraction of sp³-hybridized carbons (Fsp3) is 0.821. The summed E-state index contributed by atoms with van der Waals surface area (Å²) in [5.41, 5.74) is -2.64. The summed E-state index contributed by atoms with van der Waals surface area (Å²) in [5.74, 6) is -2.36. The summed E-state index contributed by atoms with van der Waals surface area (Å²) < 4.78 is 27.8. The van der Waals surface area contributed by atoms with Crippen LogP contribution < -0.4 is 4.72 Å². The number of sulfonamides is 1. The maximum absolute atomic E-state index is 15.0. The quantitative estimate of drug-likeness (QED) is 0.275. The van der Waals surface area contributed by atoms with Crippen LogP contribution >= 0.6 is 0 Å². The van der Waals surface area contributed by atoms with Crippen molar-refractivity contribution in [1.29, 1.82) is 0 Å². The summed E-state index contributed by atoms with van der Waals surface area (Å²) in [4.78, 5) is 73.8. The second-order valence-electron chi connectivity index (χ2n) is 19.4. The molecular formula is C39H59N3O7S. The molecule has 6 rings (SSSR count). The van der Waals surface area contributed by atoms with Crippen molar-refractivity contribution in [3.05, 3.63) is 12.7 Å². The van der Waals surface area contributed by atoms with Gasteiger partial charge < -0.3 is 9.80 Å². The van der Waals surface area contributed by atoms with Gasteiger partial charge in [0.2, 0.25) is 27.7 Å². The minimum atomic E-state index is -3.81. The van der Waals surface area contributed by atoms with Gasteiger partial charge in [-0.05, 0) is 72.5 Å². The lowest BCUT2D eigenvalue weighted by molar-refractivity contribution is -0.148. The zero-order chi connectivity index (χ0) is 37.0. The second-order valence-corrected chi connectivity index (χ2v) is 21.4. The van der Waals surface area contributed by atoms with E-state index >= 15 is 4.79 Å². The molecule has 6 atom stereocenters. The Balaban J connectivity index is 1.30. The third-order valence-corrected chi connectivity index (χ3v) is 16.1. The molecule has 1 N–H and O–H groups in total. The van der Waals surface area contributed by atoms with E-state index < -0.39 is 55.4 Å². The molecule has 0 aromatic rings. The molecule has 3 amide bonds. The maximum atomic E-state index is 15.0. The predicted molar refractivity (Wildman–Crippen MR) is 190 cm³/mol. The van der Waals surface area contributed by atoms with Gasteiger partial charge in [-0.25, -0.2) is 8.42 Å². The van der Waals surface area contributed by atoms with Crippen LogP contribution in [0.4, 0.5) is 0 Å². The van der Waals surface area contributed by atoms with Crippen LogP contribution in [0.1, 0.15) is 126 Å². The molecule has 0 unspecified atom stereocenters. The second kappa shape index (κ2) is 11.7. The van der Waals surface area contributed by atoms with E-state index in [1.165, 1.54) is 0 Å². The van der Waals surface area contributed by atoms with Gasteiger partial charge in [-0.2, -0.15) is 0 Å². The van der Waals surface area contributed by atoms with Gasteiger partial charge in [-0.3, -0.25) is 28.7 Å². The molecule has 11 heteroatoms. The number of ketones is 2. The Labute approximate surface area is 299 Å². The zero-order valence-corrected chi connectivity index (χ0v) is 32.3. The highest BCUT2D eigenvalue weighted by Gasteiger charge is 2.85. The molecule has 278 valence electrons. The number of hydrogen-bond donors (Lipinski definition) is 1. The van der Waals surface area contributed by atoms with Crippen molar-refractivity contribution in [2.75, 3.05) is 13.1 Å². The number of hydrogen-bond acceptors (Lipinski definition) is 7. The number of rotatable bonds is 12. The van der Waals surface area contributed by atoms with Crippen LogP contribution in [0.5, 0.6) is 0 Å². The van der Waals surface area contributed by atoms with Gasteiger partial charge in [0.25, 0.3) is 0 Å². The molecule has 6 fully saturated rings. The number of carbonyl (C=O) groups is 5. The van der Waals surface area contributed by atoms with E-state index in [0.29, 0.717) is 51.6 Å². The molecule has 0 aromatic heterocycles. The third kappa shape index (κ3) is 5.61. The van der Waals surface area contributed by atoms with Crippen LogP contribution in [0.25, 0.3) is 0 Å². The normalized spacial score (nSPS) is 32.4. The molecule has 2 heterocycles. The SMILES string of the molecule is C=C[C@@H]1C[C@]1(CC(=O)[C@@H]1C[C@@]2(CN1C(=O)[C@@H](CC(=O)[C@@H](N1CCCC1=O)C(C)(C)C)C(C)(C)C)C(C)(C)C21CCC1)C(=O)NS(=O)(=O)C1CC1. The number of carbonyl (C=O) groups excluding carboxylic acids is 5. The molecule has 2 spiro atoms. The predicted octanol–water partition coefficient (Wildman–Crippen LogP) is 5.20. The minimum Gasteiger partial charge on any atom is -0.332 e. The third-order valence-electron chi connectivity index (χ3n) is 14.3. The van der Waals surface area contributed by atoms with Crippen molar-refractivity contribution in [2.24, 2.45) is 44.3 Å². The first-order chi connectivity index (χ1) is 23.0. The summed E-state index contributed by atoms with van der Waals surface area (Å²) in [5, 5.41) is -0.572. The highest BCUT2D eigenvalue weighted by atomic mass is 32.2. The molecule has 0 bridgehead atoms. The fourth-order valence-electron chi connectivity index (χ4n) is 10.8. The van der Waals surface area contributed by atoms with E-state index in [1.54, 1.807) is 15.9 Å². The summed E-state index contributed by atoms with van der Waals surface area (Å²) in [6.07, 6.45) is 7.59. The van der Waals surface area contributed by atoms with Gasteiger partial charge in [0, 0.05) is 43.7 Å². The number of allylic oxidation sites excluding steroid dienone is 1. The summed E-state index contributed by atoms with van der Waals surface area (Å²) in [7, 11) is -3.81. The average Bonchev–Trinajstić information content (AvgIpc) is 3.90. The summed E-state index contributed by atoms with van der Waals surface area (Å²) >= 11 is 0. The van der Waals surface area contributed by atoms with Crippen molar-refractivity contribution < 1.29 is 32.4 Å². The van der Waals surface area contributed by atoms with Gasteiger partial charge in [0.1, 0.15) is 0 Å². The molecule has 2 saturated heterocycles. The van der Waals surface area contributed by atoms with Gasteiger partial charge in [0.15, 0.2) is 11.6 Å². The van der Waals surface area contributed by atoms with Crippen LogP contribution in [-0.4, -0.2) is 77.9 Å². The smallest absolute Gasteiger partial charge is 0.240 e. The molecule has 0 aromatic carbocycles. The van der Waals surface area contributed by atoms with E-state index in [0.717, 1.165) is 19.3 Å². The summed E-state index contributed by atoms with van der Waals surface area (Å²) in [6, 6.07) is -1.44. The number of Topliss-reactive ketones (excluding diaryl/α,β-unsaturated/α-hetero) is 2. The van der Waals surface area contributed by atoms with E-state index in [9.17, 15) is 27.6 Å². The van der Waals surface area contributed by atoms with Gasteiger partial charge in [-0.1, -0.05) is 67.9 Å². The fourth-order valence-corrected chi connectivity index (χ4v) is 12.2. The Morgan fingerprint density at radius 3 is 2.06 bits per heavy atom. The maximum Gasteiger partial charge on any atom is 0.240 e. The molecule has 50 heavy (non-hydrogen) atoms. The van der Waals surface area contributed by atoms with E-state index in [4.69, 9.17) is 0 Å². The lowest BCUT2D eigenvalue weighted by atomic mass is 9.73. The molecule has 6 aliphatic rings. The monoisotopic (exact) mass is 713 g/mol. The highest BCUT2D eigenvalue weighted by Crippen LogP contribution is 2.88. The van der Waals surface area contributed by atoms with Crippen molar-refractivity contribution in [3.63, 3.8) is 0 Å². The number of likely N-dealkylation sites (tertiary alicyclic amines) is 2. The van der Waals surface area contributed by atoms with Gasteiger partial charge >= 0.3 is 0 Å². The van der Waals surface area contributed by atoms with Crippen LogP contribution in [0.15, 0.2) is 12.7 Å². The van der Waals surface area contributed by atoms with Gasteiger partial charge in [-0.15, -0.1) is 6.58 Å². The molecule has 4 aliphatic carbocycles. The largest absolute Gasteiger partial charge is 0.332 e. The standard InChI is InChI=1S/C39H59N3O7S/c1-10-24-20-37(24,33(47)40-50(48,49)25-14-15-25)22-29(44)27-21-39(36(8,9)38(39)16-12-17-38)23-42(27)32(46)26(34(2,3)4)19-28(43)31(35(5,6)7)41-18-11-13-30(41)45/h10,24-27,31H,1,11-23H2,2-9H3,(H,40,47)/t24-,26-,27+,31-,37-,39-/m1/s1. The Morgan fingerprint density at radius 2 is 1.62 bits per heavy atom. The molecule has 10 nitrogen and oxygen atoms in total. The first kappa shape index (κ1) is 37.2. The number of fused-ring (bicyclic) bond motifs is 1. The number of nitrogens with one attached hydrogen (secondary N) is 1. The summed E-state index contributed by atoms with van der Waals surface area (Å²) in [6.45, 7) is 21.0. The number of amides is 3. The van der Waals surface area contributed by atoms with Crippen molar-refractivity contribution >= 4 is 39.3 Å². The highest BCUT2D eigenvalue weighted by molar-refractivity contribution is 7.90. The molecule has 0 radical (unpaired) electrons. The molecule has 2 aliphatic heterocycles. The lowest BCUT2D eigenvalue weighted by Crippen LogP contribution is -2.53.